The molecule has 0 saturated heterocycles. The van der Waals surface area contributed by atoms with Gasteiger partial charge in [-0.05, 0) is 47.4 Å². The molecular weight excluding hydrogens is 286 g/mol. The molecule has 2 N–H and O–H groups in total. The van der Waals surface area contributed by atoms with Gasteiger partial charge in [-0.2, -0.15) is 0 Å². The zero-order valence-corrected chi connectivity index (χ0v) is 13.1. The number of ether oxygens (including phenoxy) is 1. The molecule has 0 spiro atoms. The second-order valence-electron chi connectivity index (χ2n) is 5.89. The van der Waals surface area contributed by atoms with Crippen LogP contribution in [0.1, 0.15) is 26.3 Å². The van der Waals surface area contributed by atoms with Crippen molar-refractivity contribution in [1.82, 2.24) is 0 Å². The number of sulfonamides is 1. The Kier molecular flexibility index (Phi) is 4.07. The van der Waals surface area contributed by atoms with E-state index in [4.69, 9.17) is 9.88 Å². The van der Waals surface area contributed by atoms with Gasteiger partial charge in [-0.3, -0.25) is 0 Å². The Morgan fingerprint density at radius 1 is 0.857 bits per heavy atom. The Hall–Kier alpha value is -1.85. The molecule has 0 atom stereocenters. The van der Waals surface area contributed by atoms with Crippen LogP contribution in [0.15, 0.2) is 53.4 Å². The lowest BCUT2D eigenvalue weighted by atomic mass is 9.87. The lowest BCUT2D eigenvalue weighted by Crippen LogP contribution is -2.11. The van der Waals surface area contributed by atoms with E-state index in [1.165, 1.54) is 17.7 Å². The lowest BCUT2D eigenvalue weighted by Gasteiger charge is -2.19. The molecule has 0 saturated carbocycles. The molecule has 0 aliphatic heterocycles. The average molecular weight is 305 g/mol. The summed E-state index contributed by atoms with van der Waals surface area (Å²) in [5.74, 6) is 1.26. The monoisotopic (exact) mass is 305 g/mol. The summed E-state index contributed by atoms with van der Waals surface area (Å²) in [6, 6.07) is 13.8. The summed E-state index contributed by atoms with van der Waals surface area (Å²) in [5.41, 5.74) is 1.31. The number of hydrogen-bond acceptors (Lipinski definition) is 3. The third kappa shape index (κ3) is 4.06. The molecule has 21 heavy (non-hydrogen) atoms. The van der Waals surface area contributed by atoms with Crippen LogP contribution >= 0.6 is 0 Å². The van der Waals surface area contributed by atoms with Crippen molar-refractivity contribution in [3.05, 3.63) is 54.1 Å². The van der Waals surface area contributed by atoms with Crippen molar-refractivity contribution in [2.45, 2.75) is 31.1 Å². The number of nitrogens with two attached hydrogens (primary N) is 1. The van der Waals surface area contributed by atoms with Crippen molar-refractivity contribution < 1.29 is 13.2 Å². The molecule has 112 valence electrons. The van der Waals surface area contributed by atoms with E-state index in [1.54, 1.807) is 12.1 Å². The lowest BCUT2D eigenvalue weighted by molar-refractivity contribution is 0.481. The minimum Gasteiger partial charge on any atom is -0.457 e. The molecule has 2 aromatic carbocycles. The summed E-state index contributed by atoms with van der Waals surface area (Å²) >= 11 is 0. The van der Waals surface area contributed by atoms with Gasteiger partial charge in [-0.1, -0.05) is 32.9 Å². The molecule has 2 aromatic rings. The van der Waals surface area contributed by atoms with Gasteiger partial charge >= 0.3 is 0 Å². The third-order valence-corrected chi connectivity index (χ3v) is 4.04. The van der Waals surface area contributed by atoms with Crippen molar-refractivity contribution in [3.63, 3.8) is 0 Å². The molecule has 0 radical (unpaired) electrons. The maximum Gasteiger partial charge on any atom is 0.238 e. The molecule has 0 unspecified atom stereocenters. The Morgan fingerprint density at radius 3 is 1.67 bits per heavy atom. The Labute approximate surface area is 125 Å². The predicted octanol–water partition coefficient (Wildman–Crippen LogP) is 3.42. The van der Waals surface area contributed by atoms with Gasteiger partial charge in [0.05, 0.1) is 4.90 Å². The smallest absolute Gasteiger partial charge is 0.238 e. The van der Waals surface area contributed by atoms with E-state index < -0.39 is 10.0 Å². The second-order valence-corrected chi connectivity index (χ2v) is 7.45. The van der Waals surface area contributed by atoms with Gasteiger partial charge < -0.3 is 4.74 Å². The Balaban J connectivity index is 2.15. The topological polar surface area (TPSA) is 69.4 Å². The van der Waals surface area contributed by atoms with E-state index >= 15 is 0 Å². The molecule has 0 aromatic heterocycles. The average Bonchev–Trinajstić information content (AvgIpc) is 2.38. The molecule has 0 bridgehead atoms. The summed E-state index contributed by atoms with van der Waals surface area (Å²) in [6.07, 6.45) is 0. The summed E-state index contributed by atoms with van der Waals surface area (Å²) in [6.45, 7) is 6.44. The van der Waals surface area contributed by atoms with E-state index in [0.29, 0.717) is 11.5 Å². The Morgan fingerprint density at radius 2 is 1.29 bits per heavy atom. The zero-order chi connectivity index (χ0) is 15.7. The van der Waals surface area contributed by atoms with Crippen LogP contribution in [0.3, 0.4) is 0 Å². The number of hydrogen-bond donors (Lipinski definition) is 1. The van der Waals surface area contributed by atoms with Gasteiger partial charge in [0, 0.05) is 0 Å². The van der Waals surface area contributed by atoms with Crippen LogP contribution in [-0.2, 0) is 15.4 Å². The summed E-state index contributed by atoms with van der Waals surface area (Å²) in [4.78, 5) is 0.0675. The molecule has 0 amide bonds. The van der Waals surface area contributed by atoms with Gasteiger partial charge in [0.25, 0.3) is 0 Å². The number of benzene rings is 2. The first-order chi connectivity index (χ1) is 9.66. The minimum atomic E-state index is -3.67. The van der Waals surface area contributed by atoms with Crippen molar-refractivity contribution in [2.75, 3.05) is 0 Å². The van der Waals surface area contributed by atoms with E-state index in [2.05, 4.69) is 20.8 Å². The molecule has 0 aliphatic rings. The first-order valence-electron chi connectivity index (χ1n) is 6.57. The van der Waals surface area contributed by atoms with Crippen LogP contribution in [0.2, 0.25) is 0 Å². The maximum absolute atomic E-state index is 11.2. The molecule has 5 heteroatoms. The molecule has 0 fully saturated rings. The minimum absolute atomic E-state index is 0.0675. The first kappa shape index (κ1) is 15.5. The van der Waals surface area contributed by atoms with Gasteiger partial charge in [0.2, 0.25) is 10.0 Å². The number of rotatable bonds is 3. The van der Waals surface area contributed by atoms with Crippen LogP contribution < -0.4 is 9.88 Å². The number of primary sulfonamides is 1. The molecular formula is C16H19NO3S. The van der Waals surface area contributed by atoms with Gasteiger partial charge in [-0.15, -0.1) is 0 Å². The van der Waals surface area contributed by atoms with Gasteiger partial charge in [0.1, 0.15) is 11.5 Å². The fourth-order valence-corrected chi connectivity index (χ4v) is 2.37. The normalized spacial score (nSPS) is 12.2. The fourth-order valence-electron chi connectivity index (χ4n) is 1.86. The predicted molar refractivity (Wildman–Crippen MR) is 83.0 cm³/mol. The molecule has 0 heterocycles. The van der Waals surface area contributed by atoms with Crippen LogP contribution in [0, 0.1) is 0 Å². The summed E-state index contributed by atoms with van der Waals surface area (Å²) in [5, 5.41) is 5.05. The first-order valence-corrected chi connectivity index (χ1v) is 8.12. The van der Waals surface area contributed by atoms with Crippen LogP contribution in [0.5, 0.6) is 11.5 Å². The van der Waals surface area contributed by atoms with Crippen molar-refractivity contribution >= 4 is 10.0 Å². The van der Waals surface area contributed by atoms with E-state index in [0.717, 1.165) is 0 Å². The highest BCUT2D eigenvalue weighted by Crippen LogP contribution is 2.27. The third-order valence-electron chi connectivity index (χ3n) is 3.11. The van der Waals surface area contributed by atoms with E-state index in [-0.39, 0.29) is 10.3 Å². The van der Waals surface area contributed by atoms with Crippen LogP contribution in [0.4, 0.5) is 0 Å². The quantitative estimate of drug-likeness (QED) is 0.944. The van der Waals surface area contributed by atoms with Gasteiger partial charge in [0.15, 0.2) is 0 Å². The van der Waals surface area contributed by atoms with Crippen LogP contribution in [0.25, 0.3) is 0 Å². The molecule has 4 nitrogen and oxygen atoms in total. The van der Waals surface area contributed by atoms with Gasteiger partial charge in [-0.25, -0.2) is 13.6 Å². The maximum atomic E-state index is 11.2. The standard InChI is InChI=1S/C16H19NO3S/c1-16(2,3)12-4-6-13(7-5-12)20-14-8-10-15(11-9-14)21(17,18)19/h4-11H,1-3H3,(H2,17,18,19). The van der Waals surface area contributed by atoms with Crippen molar-refractivity contribution in [2.24, 2.45) is 5.14 Å². The van der Waals surface area contributed by atoms with E-state index in [9.17, 15) is 8.42 Å². The molecule has 0 aliphatic carbocycles. The largest absolute Gasteiger partial charge is 0.457 e. The highest BCUT2D eigenvalue weighted by Gasteiger charge is 2.13. The van der Waals surface area contributed by atoms with Crippen molar-refractivity contribution in [3.8, 4) is 11.5 Å². The SMILES string of the molecule is CC(C)(C)c1ccc(Oc2ccc(S(N)(=O)=O)cc2)cc1. The highest BCUT2D eigenvalue weighted by atomic mass is 32.2. The molecule has 2 rings (SSSR count). The fraction of sp³-hybridized carbons (Fsp3) is 0.250. The zero-order valence-electron chi connectivity index (χ0n) is 12.3. The van der Waals surface area contributed by atoms with E-state index in [1.807, 2.05) is 24.3 Å². The Bertz CT molecular complexity index is 712. The van der Waals surface area contributed by atoms with Crippen molar-refractivity contribution in [1.29, 1.82) is 0 Å². The van der Waals surface area contributed by atoms with Crippen LogP contribution in [-0.4, -0.2) is 8.42 Å². The second kappa shape index (κ2) is 5.50. The highest BCUT2D eigenvalue weighted by molar-refractivity contribution is 7.89. The summed E-state index contributed by atoms with van der Waals surface area (Å²) < 4.78 is 28.0. The summed E-state index contributed by atoms with van der Waals surface area (Å²) in [7, 11) is -3.67.